The fourth-order valence-electron chi connectivity index (χ4n) is 1.88. The van der Waals surface area contributed by atoms with Crippen molar-refractivity contribution in [1.82, 2.24) is 5.32 Å². The molecule has 0 fully saturated rings. The summed E-state index contributed by atoms with van der Waals surface area (Å²) in [5.74, 6) is -0.292. The van der Waals surface area contributed by atoms with E-state index < -0.39 is 5.51 Å². The number of halogens is 3. The highest BCUT2D eigenvalue weighted by atomic mass is 32.2. The van der Waals surface area contributed by atoms with E-state index in [1.54, 1.807) is 0 Å². The first kappa shape index (κ1) is 16.4. The first-order chi connectivity index (χ1) is 10.4. The van der Waals surface area contributed by atoms with Crippen molar-refractivity contribution < 1.29 is 18.0 Å². The van der Waals surface area contributed by atoms with Gasteiger partial charge < -0.3 is 5.32 Å². The molecular weight excluding hydrogens is 311 g/mol. The van der Waals surface area contributed by atoms with Gasteiger partial charge in [0.25, 0.3) is 5.91 Å². The Morgan fingerprint density at radius 2 is 1.64 bits per heavy atom. The van der Waals surface area contributed by atoms with Gasteiger partial charge in [-0.15, -0.1) is 0 Å². The number of carbonyl (C=O) groups is 1. The number of nitrogens with one attached hydrogen (secondary N) is 1. The largest absolute Gasteiger partial charge is 0.446 e. The smallest absolute Gasteiger partial charge is 0.352 e. The lowest BCUT2D eigenvalue weighted by Gasteiger charge is -2.07. The Labute approximate surface area is 130 Å². The van der Waals surface area contributed by atoms with Crippen LogP contribution in [0.5, 0.6) is 0 Å². The number of benzene rings is 2. The Morgan fingerprint density at radius 3 is 2.23 bits per heavy atom. The number of rotatable bonds is 5. The Hall–Kier alpha value is -1.95. The summed E-state index contributed by atoms with van der Waals surface area (Å²) in [6.45, 7) is 0.474. The van der Waals surface area contributed by atoms with E-state index in [1.807, 2.05) is 30.3 Å². The van der Waals surface area contributed by atoms with Gasteiger partial charge in [0.05, 0.1) is 0 Å². The average Bonchev–Trinajstić information content (AvgIpc) is 2.47. The molecule has 0 spiro atoms. The van der Waals surface area contributed by atoms with E-state index in [2.05, 4.69) is 5.32 Å². The molecule has 0 saturated heterocycles. The lowest BCUT2D eigenvalue weighted by Crippen LogP contribution is -2.25. The van der Waals surface area contributed by atoms with Gasteiger partial charge in [-0.3, -0.25) is 4.79 Å². The second kappa shape index (κ2) is 7.35. The van der Waals surface area contributed by atoms with Gasteiger partial charge in [-0.05, 0) is 48.0 Å². The van der Waals surface area contributed by atoms with E-state index >= 15 is 0 Å². The number of thioether (sulfide) groups is 1. The second-order valence-electron chi connectivity index (χ2n) is 4.56. The van der Waals surface area contributed by atoms with Crippen LogP contribution in [0.15, 0.2) is 59.5 Å². The Morgan fingerprint density at radius 1 is 1.00 bits per heavy atom. The number of hydrogen-bond acceptors (Lipinski definition) is 2. The first-order valence-corrected chi connectivity index (χ1v) is 7.43. The number of alkyl halides is 3. The molecule has 0 aliphatic rings. The summed E-state index contributed by atoms with van der Waals surface area (Å²) in [6.07, 6.45) is 0.703. The number of hydrogen-bond donors (Lipinski definition) is 1. The highest BCUT2D eigenvalue weighted by Gasteiger charge is 2.29. The first-order valence-electron chi connectivity index (χ1n) is 6.62. The molecule has 0 bridgehead atoms. The predicted molar refractivity (Wildman–Crippen MR) is 80.8 cm³/mol. The third kappa shape index (κ3) is 5.44. The normalized spacial score (nSPS) is 11.2. The summed E-state index contributed by atoms with van der Waals surface area (Å²) >= 11 is -0.195. The van der Waals surface area contributed by atoms with Crippen molar-refractivity contribution >= 4 is 17.7 Å². The summed E-state index contributed by atoms with van der Waals surface area (Å²) in [5, 5.41) is 2.75. The topological polar surface area (TPSA) is 29.1 Å². The van der Waals surface area contributed by atoms with Gasteiger partial charge in [0.2, 0.25) is 0 Å². The van der Waals surface area contributed by atoms with Crippen molar-refractivity contribution in [3.05, 3.63) is 65.7 Å². The maximum atomic E-state index is 12.2. The zero-order chi connectivity index (χ0) is 16.0. The number of amides is 1. The summed E-state index contributed by atoms with van der Waals surface area (Å²) in [6, 6.07) is 15.1. The molecule has 0 aromatic heterocycles. The Kier molecular flexibility index (Phi) is 5.49. The van der Waals surface area contributed by atoms with Crippen LogP contribution in [-0.4, -0.2) is 18.0 Å². The second-order valence-corrected chi connectivity index (χ2v) is 5.70. The molecule has 2 aromatic carbocycles. The SMILES string of the molecule is O=C(NCCc1ccccc1)c1ccc(SC(F)(F)F)cc1. The molecule has 2 rings (SSSR count). The van der Waals surface area contributed by atoms with E-state index in [-0.39, 0.29) is 22.6 Å². The van der Waals surface area contributed by atoms with Crippen LogP contribution >= 0.6 is 11.8 Å². The van der Waals surface area contributed by atoms with Crippen molar-refractivity contribution in [1.29, 1.82) is 0 Å². The van der Waals surface area contributed by atoms with Gasteiger partial charge in [-0.2, -0.15) is 13.2 Å². The van der Waals surface area contributed by atoms with E-state index in [0.717, 1.165) is 5.56 Å². The molecule has 22 heavy (non-hydrogen) atoms. The van der Waals surface area contributed by atoms with E-state index in [0.29, 0.717) is 18.5 Å². The van der Waals surface area contributed by atoms with Gasteiger partial charge in [0.15, 0.2) is 0 Å². The third-order valence-corrected chi connectivity index (χ3v) is 3.63. The van der Waals surface area contributed by atoms with Gasteiger partial charge in [0, 0.05) is 17.0 Å². The van der Waals surface area contributed by atoms with Gasteiger partial charge in [0.1, 0.15) is 0 Å². The standard InChI is InChI=1S/C16H14F3NOS/c17-16(18,19)22-14-8-6-13(7-9-14)15(21)20-11-10-12-4-2-1-3-5-12/h1-9H,10-11H2,(H,20,21). The minimum Gasteiger partial charge on any atom is -0.352 e. The van der Waals surface area contributed by atoms with Crippen LogP contribution in [0.1, 0.15) is 15.9 Å². The lowest BCUT2D eigenvalue weighted by molar-refractivity contribution is -0.0328. The molecule has 0 saturated carbocycles. The third-order valence-electron chi connectivity index (χ3n) is 2.89. The van der Waals surface area contributed by atoms with Crippen molar-refractivity contribution in [2.24, 2.45) is 0 Å². The number of carbonyl (C=O) groups excluding carboxylic acids is 1. The Balaban J connectivity index is 1.85. The molecule has 2 nitrogen and oxygen atoms in total. The molecule has 0 radical (unpaired) electrons. The van der Waals surface area contributed by atoms with Crippen molar-refractivity contribution in [3.63, 3.8) is 0 Å². The summed E-state index contributed by atoms with van der Waals surface area (Å²) in [4.78, 5) is 12.0. The zero-order valence-corrected chi connectivity index (χ0v) is 12.4. The zero-order valence-electron chi connectivity index (χ0n) is 11.6. The highest BCUT2D eigenvalue weighted by molar-refractivity contribution is 8.00. The maximum Gasteiger partial charge on any atom is 0.446 e. The summed E-state index contributed by atoms with van der Waals surface area (Å²) < 4.78 is 36.6. The minimum absolute atomic E-state index is 0.0633. The molecular formula is C16H14F3NOS. The molecule has 0 heterocycles. The fraction of sp³-hybridized carbons (Fsp3) is 0.188. The lowest BCUT2D eigenvalue weighted by atomic mass is 10.1. The van der Waals surface area contributed by atoms with Gasteiger partial charge in [-0.25, -0.2) is 0 Å². The van der Waals surface area contributed by atoms with Gasteiger partial charge in [-0.1, -0.05) is 30.3 Å². The molecule has 6 heteroatoms. The van der Waals surface area contributed by atoms with Crippen molar-refractivity contribution in [2.45, 2.75) is 16.8 Å². The van der Waals surface area contributed by atoms with Crippen LogP contribution in [-0.2, 0) is 6.42 Å². The average molecular weight is 325 g/mol. The van der Waals surface area contributed by atoms with Crippen LogP contribution in [0.4, 0.5) is 13.2 Å². The molecule has 1 amide bonds. The molecule has 0 aliphatic carbocycles. The predicted octanol–water partition coefficient (Wildman–Crippen LogP) is 4.27. The summed E-state index contributed by atoms with van der Waals surface area (Å²) in [5.41, 5.74) is -2.86. The van der Waals surface area contributed by atoms with Crippen LogP contribution in [0.3, 0.4) is 0 Å². The highest BCUT2D eigenvalue weighted by Crippen LogP contribution is 2.36. The molecule has 1 N–H and O–H groups in total. The van der Waals surface area contributed by atoms with Crippen LogP contribution in [0, 0.1) is 0 Å². The summed E-state index contributed by atoms with van der Waals surface area (Å²) in [7, 11) is 0. The minimum atomic E-state index is -4.32. The molecule has 0 unspecified atom stereocenters. The van der Waals surface area contributed by atoms with Crippen LogP contribution in [0.25, 0.3) is 0 Å². The van der Waals surface area contributed by atoms with Crippen molar-refractivity contribution in [2.75, 3.05) is 6.54 Å². The maximum absolute atomic E-state index is 12.2. The molecule has 2 aromatic rings. The van der Waals surface area contributed by atoms with E-state index in [1.165, 1.54) is 24.3 Å². The quantitative estimate of drug-likeness (QED) is 0.832. The molecule has 0 atom stereocenters. The Bertz CT molecular complexity index is 612. The fourth-order valence-corrected chi connectivity index (χ4v) is 2.41. The van der Waals surface area contributed by atoms with E-state index in [9.17, 15) is 18.0 Å². The monoisotopic (exact) mass is 325 g/mol. The molecule has 0 aliphatic heterocycles. The van der Waals surface area contributed by atoms with Crippen LogP contribution < -0.4 is 5.32 Å². The van der Waals surface area contributed by atoms with E-state index in [4.69, 9.17) is 0 Å². The van der Waals surface area contributed by atoms with Crippen molar-refractivity contribution in [3.8, 4) is 0 Å². The van der Waals surface area contributed by atoms with Crippen LogP contribution in [0.2, 0.25) is 0 Å². The molecule has 116 valence electrons. The van der Waals surface area contributed by atoms with Gasteiger partial charge >= 0.3 is 5.51 Å².